The van der Waals surface area contributed by atoms with Crippen molar-refractivity contribution in [3.63, 3.8) is 0 Å². The van der Waals surface area contributed by atoms with Gasteiger partial charge in [-0.1, -0.05) is 38.1 Å². The Balaban J connectivity index is 2.30. The van der Waals surface area contributed by atoms with Gasteiger partial charge in [0.2, 0.25) is 0 Å². The van der Waals surface area contributed by atoms with Crippen molar-refractivity contribution in [2.75, 3.05) is 26.2 Å². The topological polar surface area (TPSA) is 29.5 Å². The van der Waals surface area contributed by atoms with Gasteiger partial charge in [-0.25, -0.2) is 0 Å². The maximum Gasteiger partial charge on any atom is 0.166 e. The third kappa shape index (κ3) is 2.79. The normalized spacial score (nSPS) is 21.8. The van der Waals surface area contributed by atoms with E-state index in [9.17, 15) is 4.79 Å². The van der Waals surface area contributed by atoms with E-state index in [1.807, 2.05) is 12.1 Å². The number of rotatable bonds is 6. The number of carbonyl (C=O) groups excluding carboxylic acids is 1. The van der Waals surface area contributed by atoms with E-state index in [0.29, 0.717) is 6.61 Å². The first-order valence-corrected chi connectivity index (χ1v) is 7.59. The number of hydrogen-bond acceptors (Lipinski definition) is 3. The first-order valence-electron chi connectivity index (χ1n) is 7.59. The molecule has 0 amide bonds. The summed E-state index contributed by atoms with van der Waals surface area (Å²) in [5.74, 6) is 0.122. The summed E-state index contributed by atoms with van der Waals surface area (Å²) in [7, 11) is 0. The predicted octanol–water partition coefficient (Wildman–Crippen LogP) is 2.78. The van der Waals surface area contributed by atoms with Gasteiger partial charge in [0.1, 0.15) is 0 Å². The van der Waals surface area contributed by atoms with Crippen molar-refractivity contribution in [1.82, 2.24) is 4.90 Å². The molecule has 1 aliphatic rings. The fraction of sp³-hybridized carbons (Fsp3) is 0.588. The largest absolute Gasteiger partial charge is 0.362 e. The van der Waals surface area contributed by atoms with Crippen LogP contribution in [0.5, 0.6) is 0 Å². The summed E-state index contributed by atoms with van der Waals surface area (Å²) in [6, 6.07) is 8.22. The fourth-order valence-electron chi connectivity index (χ4n) is 3.07. The van der Waals surface area contributed by atoms with E-state index in [0.717, 1.165) is 38.0 Å². The van der Waals surface area contributed by atoms with Gasteiger partial charge < -0.3 is 9.64 Å². The monoisotopic (exact) mass is 275 g/mol. The van der Waals surface area contributed by atoms with Gasteiger partial charge in [0.15, 0.2) is 11.4 Å². The minimum absolute atomic E-state index is 0.122. The lowest BCUT2D eigenvalue weighted by atomic mass is 9.81. The minimum Gasteiger partial charge on any atom is -0.362 e. The molecule has 0 aromatic heterocycles. The fourth-order valence-corrected chi connectivity index (χ4v) is 3.07. The Morgan fingerprint density at radius 3 is 2.65 bits per heavy atom. The number of nitrogens with zero attached hydrogens (tertiary/aromatic N) is 1. The molecule has 3 nitrogen and oxygen atoms in total. The summed E-state index contributed by atoms with van der Waals surface area (Å²) < 4.78 is 6.02. The number of benzene rings is 1. The average molecular weight is 275 g/mol. The van der Waals surface area contributed by atoms with Crippen molar-refractivity contribution in [3.8, 4) is 0 Å². The lowest BCUT2D eigenvalue weighted by Gasteiger charge is -2.38. The standard InChI is InChI=1S/C17H25NO2/c1-4-18(5-2)12-11-17(14(3)19)16-9-7-6-8-15(16)10-13-20-17/h6-9H,4-5,10-13H2,1-3H3. The molecule has 3 heteroatoms. The Morgan fingerprint density at radius 1 is 1.30 bits per heavy atom. The zero-order valence-corrected chi connectivity index (χ0v) is 12.8. The molecule has 0 aliphatic carbocycles. The molecule has 0 fully saturated rings. The molecule has 1 atom stereocenters. The molecular formula is C17H25NO2. The lowest BCUT2D eigenvalue weighted by Crippen LogP contribution is -2.44. The van der Waals surface area contributed by atoms with Crippen LogP contribution in [-0.4, -0.2) is 36.9 Å². The molecule has 1 heterocycles. The molecule has 110 valence electrons. The quantitative estimate of drug-likeness (QED) is 0.799. The number of fused-ring (bicyclic) bond motifs is 1. The smallest absolute Gasteiger partial charge is 0.166 e. The summed E-state index contributed by atoms with van der Waals surface area (Å²) in [4.78, 5) is 14.7. The number of carbonyl (C=O) groups is 1. The van der Waals surface area contributed by atoms with Crippen LogP contribution in [0.4, 0.5) is 0 Å². The van der Waals surface area contributed by atoms with Crippen LogP contribution < -0.4 is 0 Å². The minimum atomic E-state index is -0.739. The van der Waals surface area contributed by atoms with Gasteiger partial charge in [-0.05, 0) is 37.6 Å². The molecular weight excluding hydrogens is 250 g/mol. The zero-order chi connectivity index (χ0) is 14.6. The molecule has 0 saturated heterocycles. The molecule has 0 saturated carbocycles. The Morgan fingerprint density at radius 2 is 2.00 bits per heavy atom. The van der Waals surface area contributed by atoms with Crippen LogP contribution >= 0.6 is 0 Å². The van der Waals surface area contributed by atoms with Crippen molar-refractivity contribution in [2.45, 2.75) is 39.2 Å². The highest BCUT2D eigenvalue weighted by molar-refractivity contribution is 5.87. The van der Waals surface area contributed by atoms with Gasteiger partial charge in [-0.2, -0.15) is 0 Å². The summed E-state index contributed by atoms with van der Waals surface area (Å²) in [6.07, 6.45) is 1.64. The summed E-state index contributed by atoms with van der Waals surface area (Å²) in [6.45, 7) is 9.50. The Hall–Kier alpha value is -1.19. The Labute approximate surface area is 121 Å². The summed E-state index contributed by atoms with van der Waals surface area (Å²) >= 11 is 0. The van der Waals surface area contributed by atoms with E-state index in [1.165, 1.54) is 5.56 Å². The molecule has 0 N–H and O–H groups in total. The number of ketones is 1. The first-order chi connectivity index (χ1) is 9.64. The van der Waals surface area contributed by atoms with E-state index in [1.54, 1.807) is 6.92 Å². The molecule has 1 aliphatic heterocycles. The van der Waals surface area contributed by atoms with Crippen LogP contribution in [0.2, 0.25) is 0 Å². The van der Waals surface area contributed by atoms with Crippen LogP contribution in [0.1, 0.15) is 38.3 Å². The third-order valence-electron chi connectivity index (χ3n) is 4.42. The van der Waals surface area contributed by atoms with Gasteiger partial charge in [-0.15, -0.1) is 0 Å². The van der Waals surface area contributed by atoms with Gasteiger partial charge in [0.25, 0.3) is 0 Å². The highest BCUT2D eigenvalue weighted by atomic mass is 16.5. The maximum atomic E-state index is 12.3. The lowest BCUT2D eigenvalue weighted by molar-refractivity contribution is -0.148. The van der Waals surface area contributed by atoms with Gasteiger partial charge >= 0.3 is 0 Å². The van der Waals surface area contributed by atoms with Gasteiger partial charge in [-0.3, -0.25) is 4.79 Å². The van der Waals surface area contributed by atoms with Crippen molar-refractivity contribution < 1.29 is 9.53 Å². The van der Waals surface area contributed by atoms with Crippen molar-refractivity contribution in [2.24, 2.45) is 0 Å². The Kier molecular flexibility index (Phi) is 4.95. The van der Waals surface area contributed by atoms with Crippen LogP contribution in [0.25, 0.3) is 0 Å². The first kappa shape index (κ1) is 15.2. The summed E-state index contributed by atoms with van der Waals surface area (Å²) in [5, 5.41) is 0. The summed E-state index contributed by atoms with van der Waals surface area (Å²) in [5.41, 5.74) is 1.59. The molecule has 0 radical (unpaired) electrons. The highest BCUT2D eigenvalue weighted by Crippen LogP contribution is 2.37. The third-order valence-corrected chi connectivity index (χ3v) is 4.42. The van der Waals surface area contributed by atoms with Crippen LogP contribution in [0.15, 0.2) is 24.3 Å². The SMILES string of the molecule is CCN(CC)CCC1(C(C)=O)OCCc2ccccc21. The molecule has 0 bridgehead atoms. The van der Waals surface area contributed by atoms with E-state index in [4.69, 9.17) is 4.74 Å². The van der Waals surface area contributed by atoms with Gasteiger partial charge in [0.05, 0.1) is 6.61 Å². The van der Waals surface area contributed by atoms with E-state index in [2.05, 4.69) is 30.9 Å². The predicted molar refractivity (Wildman–Crippen MR) is 80.9 cm³/mol. The van der Waals surface area contributed by atoms with E-state index < -0.39 is 5.60 Å². The number of hydrogen-bond donors (Lipinski definition) is 0. The Bertz CT molecular complexity index is 468. The average Bonchev–Trinajstić information content (AvgIpc) is 2.48. The van der Waals surface area contributed by atoms with Crippen molar-refractivity contribution in [3.05, 3.63) is 35.4 Å². The van der Waals surface area contributed by atoms with Gasteiger partial charge in [0, 0.05) is 13.0 Å². The van der Waals surface area contributed by atoms with Crippen LogP contribution in [0, 0.1) is 0 Å². The second kappa shape index (κ2) is 6.51. The van der Waals surface area contributed by atoms with Crippen LogP contribution in [-0.2, 0) is 21.6 Å². The van der Waals surface area contributed by atoms with E-state index in [-0.39, 0.29) is 5.78 Å². The van der Waals surface area contributed by atoms with Crippen molar-refractivity contribution >= 4 is 5.78 Å². The number of Topliss-reactive ketones (excluding diaryl/α,β-unsaturated/α-hetero) is 1. The van der Waals surface area contributed by atoms with Crippen LogP contribution in [0.3, 0.4) is 0 Å². The molecule has 1 aromatic rings. The second-order valence-electron chi connectivity index (χ2n) is 5.42. The molecule has 1 unspecified atom stereocenters. The van der Waals surface area contributed by atoms with Crippen molar-refractivity contribution in [1.29, 1.82) is 0 Å². The second-order valence-corrected chi connectivity index (χ2v) is 5.42. The molecule has 0 spiro atoms. The molecule has 20 heavy (non-hydrogen) atoms. The molecule has 1 aromatic carbocycles. The van der Waals surface area contributed by atoms with E-state index >= 15 is 0 Å². The number of ether oxygens (including phenoxy) is 1. The zero-order valence-electron chi connectivity index (χ0n) is 12.8. The maximum absolute atomic E-state index is 12.3. The molecule has 2 rings (SSSR count). The highest BCUT2D eigenvalue weighted by Gasteiger charge is 2.42.